The minimum Gasteiger partial charge on any atom is -0.481 e. The van der Waals surface area contributed by atoms with E-state index in [4.69, 9.17) is 45.3 Å². The highest BCUT2D eigenvalue weighted by Crippen LogP contribution is 2.36. The van der Waals surface area contributed by atoms with Gasteiger partial charge in [-0.1, -0.05) is 82.1 Å². The van der Waals surface area contributed by atoms with E-state index in [1.54, 1.807) is 18.2 Å². The van der Waals surface area contributed by atoms with Gasteiger partial charge in [0.1, 0.15) is 46.8 Å². The summed E-state index contributed by atoms with van der Waals surface area (Å²) in [5.41, 5.74) is 13.8. The van der Waals surface area contributed by atoms with Gasteiger partial charge in [0.15, 0.2) is 0 Å². The number of rotatable bonds is 7. The number of ketones is 2. The van der Waals surface area contributed by atoms with Crippen LogP contribution in [-0.2, 0) is 35.3 Å². The molecule has 8 rings (SSSR count). The molecule has 18 heteroatoms. The van der Waals surface area contributed by atoms with Crippen LogP contribution in [0.2, 0.25) is 15.2 Å². The Morgan fingerprint density at radius 2 is 1.27 bits per heavy atom. The van der Waals surface area contributed by atoms with Gasteiger partial charge in [0.25, 0.3) is 5.56 Å². The Hall–Kier alpha value is -5.54. The van der Waals surface area contributed by atoms with Crippen LogP contribution >= 0.6 is 46.4 Å². The second kappa shape index (κ2) is 22.2. The van der Waals surface area contributed by atoms with Crippen LogP contribution in [0.15, 0.2) is 66.0 Å². The van der Waals surface area contributed by atoms with Crippen LogP contribution in [0.1, 0.15) is 80.9 Å². The molecule has 0 radical (unpaired) electrons. The Labute approximate surface area is 384 Å². The highest BCUT2D eigenvalue weighted by Gasteiger charge is 2.25. The number of H-pyrrole nitrogens is 1. The second-order valence-electron chi connectivity index (χ2n) is 14.6. The van der Waals surface area contributed by atoms with Gasteiger partial charge in [-0.25, -0.2) is 33.7 Å². The minimum absolute atomic E-state index is 0. The monoisotopic (exact) mass is 940 g/mol. The van der Waals surface area contributed by atoms with Gasteiger partial charge in [0.05, 0.1) is 45.6 Å². The third-order valence-electron chi connectivity index (χ3n) is 9.65. The summed E-state index contributed by atoms with van der Waals surface area (Å²) in [6.45, 7) is 7.93. The summed E-state index contributed by atoms with van der Waals surface area (Å²) in [6.07, 6.45) is 5.67. The first kappa shape index (κ1) is 50.1. The quantitative estimate of drug-likeness (QED) is 0.102. The number of alkyl halides is 1. The molecule has 0 aliphatic heterocycles. The molecule has 332 valence electrons. The minimum atomic E-state index is -0.551. The zero-order valence-electron chi connectivity index (χ0n) is 34.5. The Morgan fingerprint density at radius 3 is 1.79 bits per heavy atom. The van der Waals surface area contributed by atoms with Crippen LogP contribution in [0.25, 0.3) is 22.3 Å². The molecule has 2 aliphatic rings. The summed E-state index contributed by atoms with van der Waals surface area (Å²) < 4.78 is 32.1. The van der Waals surface area contributed by atoms with Crippen molar-refractivity contribution in [3.05, 3.63) is 132 Å². The maximum Gasteiger partial charge on any atom is 0.256 e. The summed E-state index contributed by atoms with van der Waals surface area (Å²) >= 11 is 22.1. The zero-order chi connectivity index (χ0) is 45.4. The number of hydrogen-bond acceptors (Lipinski definition) is 11. The van der Waals surface area contributed by atoms with E-state index in [0.29, 0.717) is 81.1 Å². The van der Waals surface area contributed by atoms with Crippen LogP contribution in [0.5, 0.6) is 5.88 Å². The lowest BCUT2D eigenvalue weighted by Crippen LogP contribution is -2.15. The number of fused-ring (bicyclic) bond motifs is 2. The van der Waals surface area contributed by atoms with E-state index >= 15 is 0 Å². The summed E-state index contributed by atoms with van der Waals surface area (Å²) in [4.78, 5) is 59.0. The van der Waals surface area contributed by atoms with E-state index in [9.17, 15) is 23.2 Å². The lowest BCUT2D eigenvalue weighted by atomic mass is 10.0. The van der Waals surface area contributed by atoms with Gasteiger partial charge in [0.2, 0.25) is 5.88 Å². The molecule has 4 N–H and O–H groups in total. The maximum atomic E-state index is 13.5. The third-order valence-corrected chi connectivity index (χ3v) is 10.6. The topological polar surface area (TPSA) is 179 Å². The van der Waals surface area contributed by atoms with Crippen LogP contribution in [0.3, 0.4) is 0 Å². The number of aromatic nitrogens is 6. The molecule has 0 unspecified atom stereocenters. The molecule has 0 fully saturated rings. The first-order chi connectivity index (χ1) is 29.5. The number of nitrogens with zero attached hydrogens (tertiary/aromatic N) is 5. The number of halogens is 6. The third kappa shape index (κ3) is 11.9. The second-order valence-corrected chi connectivity index (χ2v) is 15.7. The number of pyridine rings is 2. The standard InChI is InChI=1S/C21H18ClFN4O2.C15H16ClFN2O.C7H5ClN2O.CH3Cl.CH4/c1-10(2)19-18(26-20-14-6-12(28)7-17(14)24-9-25-20)8-13(21(29)27-19)11-3-4-16(23)15(22)5-11;1-8(2)14-13(18)7-10(15(19-14)20-3)9-4-5-12(17)11(16)6-9;8-7-5-1-4(11)2-6(5)9-3-10-7;1-2;/h3-5,8-10H,6-7H2,1-2H3,(H,27,29)(H,24,25,26);4-8H,18H2,1-3H3;3H,1-2H2;1H3;1H4. The number of carbonyl (C=O) groups excluding carboxylic acids is 2. The molecule has 0 bridgehead atoms. The highest BCUT2D eigenvalue weighted by atomic mass is 35.5. The highest BCUT2D eigenvalue weighted by molar-refractivity contribution is 6.31. The van der Waals surface area contributed by atoms with Crippen LogP contribution in [-0.4, -0.2) is 55.0 Å². The number of nitrogens with one attached hydrogen (secondary N) is 2. The van der Waals surface area contributed by atoms with Crippen molar-refractivity contribution >= 4 is 75.2 Å². The van der Waals surface area contributed by atoms with Crippen molar-refractivity contribution in [1.82, 2.24) is 29.9 Å². The van der Waals surface area contributed by atoms with E-state index in [1.165, 1.54) is 56.5 Å². The molecule has 0 saturated carbocycles. The number of hydrogen-bond donors (Lipinski definition) is 3. The molecule has 4 heterocycles. The molecule has 0 spiro atoms. The Bertz CT molecular complexity index is 2700. The molecular formula is C45H46Cl4F2N8O4. The van der Waals surface area contributed by atoms with E-state index in [2.05, 4.69) is 46.8 Å². The molecular weight excluding hydrogens is 896 g/mol. The van der Waals surface area contributed by atoms with Crippen LogP contribution in [0.4, 0.5) is 26.0 Å². The lowest BCUT2D eigenvalue weighted by molar-refractivity contribution is -0.117. The maximum absolute atomic E-state index is 13.5. The first-order valence-electron chi connectivity index (χ1n) is 19.1. The summed E-state index contributed by atoms with van der Waals surface area (Å²) in [6, 6.07) is 12.1. The fourth-order valence-electron chi connectivity index (χ4n) is 6.66. The van der Waals surface area contributed by atoms with Gasteiger partial charge in [-0.05, 0) is 59.4 Å². The smallest absolute Gasteiger partial charge is 0.256 e. The van der Waals surface area contributed by atoms with Crippen molar-refractivity contribution in [2.75, 3.05) is 24.5 Å². The fourth-order valence-corrected chi connectivity index (χ4v) is 7.24. The summed E-state index contributed by atoms with van der Waals surface area (Å²) in [5, 5.41) is 3.67. The number of aromatic amines is 1. The zero-order valence-corrected chi connectivity index (χ0v) is 37.5. The SMILES string of the molecule is C.CC(C)c1[nH]c(=O)c(-c2ccc(F)c(Cl)c2)cc1Nc1ncnc2c1CC(=O)C2.CCl.COc1nc(C(C)C)c(N)cc1-c1ccc(F)c(Cl)c1.O=C1Cc2ncnc(Cl)c2C1. The Balaban J connectivity index is 0.000000221. The number of nitrogens with two attached hydrogens (primary N) is 1. The first-order valence-corrected chi connectivity index (χ1v) is 20.9. The van der Waals surface area contributed by atoms with Gasteiger partial charge in [0, 0.05) is 60.0 Å². The Kier molecular flexibility index (Phi) is 17.7. The normalized spacial score (nSPS) is 12.2. The van der Waals surface area contributed by atoms with E-state index in [0.717, 1.165) is 22.5 Å². The molecule has 0 saturated heterocycles. The average Bonchev–Trinajstić information content (AvgIpc) is 3.83. The van der Waals surface area contributed by atoms with Gasteiger partial charge in [-0.2, -0.15) is 0 Å². The number of benzene rings is 2. The number of anilines is 3. The molecule has 6 aromatic rings. The number of ether oxygens (including phenoxy) is 1. The average molecular weight is 943 g/mol. The van der Waals surface area contributed by atoms with Crippen molar-refractivity contribution in [1.29, 1.82) is 0 Å². The van der Waals surface area contributed by atoms with Gasteiger partial charge >= 0.3 is 0 Å². The van der Waals surface area contributed by atoms with Crippen molar-refractivity contribution in [3.8, 4) is 28.1 Å². The molecule has 4 aromatic heterocycles. The summed E-state index contributed by atoms with van der Waals surface area (Å²) in [7, 11) is 1.54. The van der Waals surface area contributed by atoms with Crippen molar-refractivity contribution in [2.45, 2.75) is 72.6 Å². The van der Waals surface area contributed by atoms with Crippen molar-refractivity contribution in [2.24, 2.45) is 0 Å². The fraction of sp³-hybridized carbons (Fsp3) is 0.289. The van der Waals surface area contributed by atoms with Gasteiger partial charge < -0.3 is 20.8 Å². The number of Topliss-reactive ketones (excluding diaryl/α,β-unsaturated/α-hetero) is 2. The number of methoxy groups -OCH3 is 1. The lowest BCUT2D eigenvalue weighted by Gasteiger charge is -2.17. The van der Waals surface area contributed by atoms with Crippen molar-refractivity contribution in [3.63, 3.8) is 0 Å². The predicted octanol–water partition coefficient (Wildman–Crippen LogP) is 10.7. The van der Waals surface area contributed by atoms with Crippen LogP contribution < -0.4 is 21.3 Å². The van der Waals surface area contributed by atoms with Gasteiger partial charge in [-0.3, -0.25) is 14.4 Å². The van der Waals surface area contributed by atoms with E-state index in [-0.39, 0.29) is 52.9 Å². The number of nitrogen functional groups attached to an aromatic ring is 1. The molecule has 0 amide bonds. The van der Waals surface area contributed by atoms with Crippen molar-refractivity contribution < 1.29 is 23.1 Å². The largest absolute Gasteiger partial charge is 0.481 e. The summed E-state index contributed by atoms with van der Waals surface area (Å²) in [5.74, 6) is 0.447. The molecule has 12 nitrogen and oxygen atoms in total. The molecule has 0 atom stereocenters. The predicted molar refractivity (Wildman–Crippen MR) is 247 cm³/mol. The molecule has 63 heavy (non-hydrogen) atoms. The van der Waals surface area contributed by atoms with E-state index in [1.807, 2.05) is 27.7 Å². The van der Waals surface area contributed by atoms with Crippen LogP contribution in [0, 0.1) is 11.6 Å². The molecule has 2 aliphatic carbocycles. The number of carbonyl (C=O) groups is 2. The van der Waals surface area contributed by atoms with Gasteiger partial charge in [-0.15, -0.1) is 11.6 Å². The van der Waals surface area contributed by atoms with E-state index < -0.39 is 11.6 Å². The Morgan fingerprint density at radius 1 is 0.730 bits per heavy atom. The molecule has 2 aromatic carbocycles.